The third kappa shape index (κ3) is 4.13. The average Bonchev–Trinajstić information content (AvgIpc) is 3.05. The van der Waals surface area contributed by atoms with E-state index in [0.29, 0.717) is 23.2 Å². The maximum Gasteiger partial charge on any atom is 0.252 e. The molecule has 0 aliphatic carbocycles. The smallest absolute Gasteiger partial charge is 0.252 e. The van der Waals surface area contributed by atoms with Crippen LogP contribution in [0, 0.1) is 17.6 Å². The van der Waals surface area contributed by atoms with Crippen molar-refractivity contribution >= 4 is 48.9 Å². The van der Waals surface area contributed by atoms with Crippen molar-refractivity contribution in [3.8, 4) is 0 Å². The van der Waals surface area contributed by atoms with Gasteiger partial charge in [0.1, 0.15) is 4.21 Å². The highest BCUT2D eigenvalue weighted by Gasteiger charge is 2.34. The molecule has 0 bridgehead atoms. The molecule has 5 nitrogen and oxygen atoms in total. The number of sulfonamides is 1. The summed E-state index contributed by atoms with van der Waals surface area (Å²) in [6, 6.07) is 6.27. The van der Waals surface area contributed by atoms with Gasteiger partial charge < -0.3 is 5.32 Å². The summed E-state index contributed by atoms with van der Waals surface area (Å²) in [5.74, 6) is -3.03. The molecular formula is C16H15BrF2N2O3S2. The van der Waals surface area contributed by atoms with Gasteiger partial charge in [-0.15, -0.1) is 11.3 Å². The number of carbonyl (C=O) groups is 1. The molecule has 2 aromatic rings. The molecule has 26 heavy (non-hydrogen) atoms. The van der Waals surface area contributed by atoms with Gasteiger partial charge in [-0.1, -0.05) is 0 Å². The molecule has 0 radical (unpaired) electrons. The van der Waals surface area contributed by atoms with Crippen LogP contribution in [-0.2, 0) is 14.8 Å². The van der Waals surface area contributed by atoms with Crippen LogP contribution in [0.15, 0.2) is 38.3 Å². The minimum absolute atomic E-state index is 0.0490. The molecule has 1 N–H and O–H groups in total. The maximum atomic E-state index is 13.3. The molecule has 0 spiro atoms. The Labute approximate surface area is 162 Å². The van der Waals surface area contributed by atoms with Crippen LogP contribution in [-0.4, -0.2) is 31.7 Å². The predicted molar refractivity (Wildman–Crippen MR) is 98.5 cm³/mol. The highest BCUT2D eigenvalue weighted by atomic mass is 79.9. The fourth-order valence-electron chi connectivity index (χ4n) is 2.76. The fraction of sp³-hybridized carbons (Fsp3) is 0.312. The van der Waals surface area contributed by atoms with Crippen molar-refractivity contribution in [1.29, 1.82) is 0 Å². The molecular weight excluding hydrogens is 450 g/mol. The minimum Gasteiger partial charge on any atom is -0.326 e. The molecule has 10 heteroatoms. The summed E-state index contributed by atoms with van der Waals surface area (Å²) in [5.41, 5.74) is 0.135. The van der Waals surface area contributed by atoms with Gasteiger partial charge in [-0.05, 0) is 53.0 Å². The van der Waals surface area contributed by atoms with Gasteiger partial charge in [0, 0.05) is 24.8 Å². The Morgan fingerprint density at radius 2 is 2.00 bits per heavy atom. The second-order valence-corrected chi connectivity index (χ2v) is 10.5. The lowest BCUT2D eigenvalue weighted by atomic mass is 9.98. The Morgan fingerprint density at radius 1 is 1.23 bits per heavy atom. The van der Waals surface area contributed by atoms with Crippen molar-refractivity contribution in [2.45, 2.75) is 17.1 Å². The average molecular weight is 465 g/mol. The first-order chi connectivity index (χ1) is 12.3. The Balaban J connectivity index is 1.71. The first-order valence-electron chi connectivity index (χ1n) is 7.79. The highest BCUT2D eigenvalue weighted by Crippen LogP contribution is 2.31. The lowest BCUT2D eigenvalue weighted by molar-refractivity contribution is -0.120. The quantitative estimate of drug-likeness (QED) is 0.747. The number of thiophene rings is 1. The van der Waals surface area contributed by atoms with E-state index < -0.39 is 33.5 Å². The van der Waals surface area contributed by atoms with Crippen LogP contribution < -0.4 is 5.32 Å². The number of benzene rings is 1. The van der Waals surface area contributed by atoms with Crippen LogP contribution in [0.25, 0.3) is 0 Å². The zero-order chi connectivity index (χ0) is 18.9. The van der Waals surface area contributed by atoms with Crippen molar-refractivity contribution in [1.82, 2.24) is 4.31 Å². The monoisotopic (exact) mass is 464 g/mol. The number of carbonyl (C=O) groups excluding carboxylic acids is 1. The second-order valence-electron chi connectivity index (χ2n) is 5.88. The normalized spacial score (nSPS) is 18.7. The largest absolute Gasteiger partial charge is 0.326 e. The van der Waals surface area contributed by atoms with Gasteiger partial charge in [0.15, 0.2) is 11.6 Å². The van der Waals surface area contributed by atoms with E-state index in [1.165, 1.54) is 16.4 Å². The van der Waals surface area contributed by atoms with Crippen molar-refractivity contribution < 1.29 is 22.0 Å². The number of piperidine rings is 1. The lowest BCUT2D eigenvalue weighted by Crippen LogP contribution is -2.43. The van der Waals surface area contributed by atoms with Crippen LogP contribution in [0.5, 0.6) is 0 Å². The second kappa shape index (κ2) is 7.71. The highest BCUT2D eigenvalue weighted by molar-refractivity contribution is 9.11. The summed E-state index contributed by atoms with van der Waals surface area (Å²) in [4.78, 5) is 12.4. The lowest BCUT2D eigenvalue weighted by Gasteiger charge is -2.30. The minimum atomic E-state index is -3.66. The summed E-state index contributed by atoms with van der Waals surface area (Å²) in [6.07, 6.45) is 1.07. The van der Waals surface area contributed by atoms with E-state index in [0.717, 1.165) is 23.5 Å². The summed E-state index contributed by atoms with van der Waals surface area (Å²) >= 11 is 4.36. The van der Waals surface area contributed by atoms with Gasteiger partial charge in [0.25, 0.3) is 10.0 Å². The van der Waals surface area contributed by atoms with Crippen molar-refractivity contribution in [2.24, 2.45) is 5.92 Å². The molecule has 1 atom stereocenters. The number of hydrogen-bond acceptors (Lipinski definition) is 4. The van der Waals surface area contributed by atoms with Crippen LogP contribution in [0.1, 0.15) is 12.8 Å². The van der Waals surface area contributed by atoms with Gasteiger partial charge >= 0.3 is 0 Å². The van der Waals surface area contributed by atoms with Crippen LogP contribution in [0.2, 0.25) is 0 Å². The summed E-state index contributed by atoms with van der Waals surface area (Å²) in [5, 5.41) is 2.52. The molecule has 0 unspecified atom stereocenters. The summed E-state index contributed by atoms with van der Waals surface area (Å²) in [7, 11) is -3.66. The molecule has 1 aromatic heterocycles. The van der Waals surface area contributed by atoms with Crippen molar-refractivity contribution in [3.05, 3.63) is 45.8 Å². The zero-order valence-electron chi connectivity index (χ0n) is 13.4. The van der Waals surface area contributed by atoms with E-state index in [9.17, 15) is 22.0 Å². The number of amides is 1. The zero-order valence-corrected chi connectivity index (χ0v) is 16.6. The van der Waals surface area contributed by atoms with E-state index >= 15 is 0 Å². The standard InChI is InChI=1S/C16H15BrF2N2O3S2/c17-14-5-6-15(25-14)26(23,24)21-7-1-2-10(9-21)16(22)20-11-3-4-12(18)13(19)8-11/h3-6,8,10H,1-2,7,9H2,(H,20,22)/t10-/m1/s1. The molecule has 1 aliphatic heterocycles. The van der Waals surface area contributed by atoms with Crippen LogP contribution in [0.4, 0.5) is 14.5 Å². The van der Waals surface area contributed by atoms with E-state index in [-0.39, 0.29) is 16.4 Å². The number of nitrogens with zero attached hydrogens (tertiary/aromatic N) is 1. The topological polar surface area (TPSA) is 66.5 Å². The van der Waals surface area contributed by atoms with Gasteiger partial charge in [-0.25, -0.2) is 17.2 Å². The number of hydrogen-bond donors (Lipinski definition) is 1. The van der Waals surface area contributed by atoms with Crippen LogP contribution >= 0.6 is 27.3 Å². The third-order valence-corrected chi connectivity index (χ3v) is 8.04. The first kappa shape index (κ1) is 19.4. The molecule has 1 saturated heterocycles. The SMILES string of the molecule is O=C(Nc1ccc(F)c(F)c1)[C@@H]1CCCN(S(=O)(=O)c2ccc(Br)s2)C1. The Hall–Kier alpha value is -1.36. The number of nitrogens with one attached hydrogen (secondary N) is 1. The van der Waals surface area contributed by atoms with Crippen molar-refractivity contribution in [2.75, 3.05) is 18.4 Å². The number of anilines is 1. The molecule has 1 aromatic carbocycles. The summed E-state index contributed by atoms with van der Waals surface area (Å²) < 4.78 is 53.9. The van der Waals surface area contributed by atoms with Gasteiger partial charge in [0.2, 0.25) is 5.91 Å². The Bertz CT molecular complexity index is 933. The fourth-order valence-corrected chi connectivity index (χ4v) is 6.44. The molecule has 1 amide bonds. The number of rotatable bonds is 4. The molecule has 3 rings (SSSR count). The Morgan fingerprint density at radius 3 is 2.65 bits per heavy atom. The van der Waals surface area contributed by atoms with Crippen molar-refractivity contribution in [3.63, 3.8) is 0 Å². The van der Waals surface area contributed by atoms with E-state index in [4.69, 9.17) is 0 Å². The molecule has 1 aliphatic rings. The summed E-state index contributed by atoms with van der Waals surface area (Å²) in [6.45, 7) is 0.389. The Kier molecular flexibility index (Phi) is 5.75. The molecule has 1 fully saturated rings. The maximum absolute atomic E-state index is 13.3. The number of halogens is 3. The van der Waals surface area contributed by atoms with Gasteiger partial charge in [0.05, 0.1) is 9.70 Å². The van der Waals surface area contributed by atoms with E-state index in [2.05, 4.69) is 21.2 Å². The van der Waals surface area contributed by atoms with Crippen LogP contribution in [0.3, 0.4) is 0 Å². The van der Waals surface area contributed by atoms with Gasteiger partial charge in [-0.2, -0.15) is 4.31 Å². The van der Waals surface area contributed by atoms with Gasteiger partial charge in [-0.3, -0.25) is 4.79 Å². The van der Waals surface area contributed by atoms with E-state index in [1.807, 2.05) is 0 Å². The van der Waals surface area contributed by atoms with E-state index in [1.54, 1.807) is 6.07 Å². The molecule has 2 heterocycles. The molecule has 140 valence electrons. The third-order valence-electron chi connectivity index (χ3n) is 4.08. The molecule has 0 saturated carbocycles. The predicted octanol–water partition coefficient (Wildman–Crippen LogP) is 3.83. The first-order valence-corrected chi connectivity index (χ1v) is 10.8.